The Balaban J connectivity index is 1.54. The number of nitrogens with one attached hydrogen (secondary N) is 2. The molecule has 0 radical (unpaired) electrons. The number of urea groups is 1. The molecule has 1 atom stereocenters. The number of fused-ring (bicyclic) bond motifs is 2. The molecule has 0 bridgehead atoms. The summed E-state index contributed by atoms with van der Waals surface area (Å²) in [5, 5.41) is 5.59. The van der Waals surface area contributed by atoms with Gasteiger partial charge in [0.2, 0.25) is 5.91 Å². The molecule has 6 nitrogen and oxygen atoms in total. The summed E-state index contributed by atoms with van der Waals surface area (Å²) in [4.78, 5) is 38.8. The SMILES string of the molecule is Cc1ccccc1NC(=O)CN1C(=O)N[C@]2(CCc3ccccc32)C1=O. The van der Waals surface area contributed by atoms with Crippen LogP contribution in [0.3, 0.4) is 0 Å². The lowest BCUT2D eigenvalue weighted by molar-refractivity contribution is -0.134. The average Bonchev–Trinajstić information content (AvgIpc) is 3.11. The Kier molecular flexibility index (Phi) is 3.76. The van der Waals surface area contributed by atoms with Crippen LogP contribution in [0.25, 0.3) is 0 Å². The molecule has 1 fully saturated rings. The van der Waals surface area contributed by atoms with E-state index in [1.807, 2.05) is 49.4 Å². The molecule has 6 heteroatoms. The quantitative estimate of drug-likeness (QED) is 0.835. The van der Waals surface area contributed by atoms with Crippen LogP contribution in [-0.4, -0.2) is 29.3 Å². The zero-order chi connectivity index (χ0) is 18.3. The van der Waals surface area contributed by atoms with Crippen molar-refractivity contribution in [3.8, 4) is 0 Å². The molecule has 0 unspecified atom stereocenters. The Bertz CT molecular complexity index is 924. The number of para-hydroxylation sites is 1. The molecule has 4 rings (SSSR count). The van der Waals surface area contributed by atoms with Crippen LogP contribution in [0.15, 0.2) is 48.5 Å². The average molecular weight is 349 g/mol. The van der Waals surface area contributed by atoms with Gasteiger partial charge in [-0.25, -0.2) is 4.79 Å². The number of nitrogens with zero attached hydrogens (tertiary/aromatic N) is 1. The van der Waals surface area contributed by atoms with E-state index in [9.17, 15) is 14.4 Å². The van der Waals surface area contributed by atoms with Crippen LogP contribution in [-0.2, 0) is 21.5 Å². The van der Waals surface area contributed by atoms with E-state index >= 15 is 0 Å². The maximum atomic E-state index is 13.0. The number of imide groups is 1. The van der Waals surface area contributed by atoms with Crippen LogP contribution in [0, 0.1) is 6.92 Å². The molecule has 4 amide bonds. The number of hydrogen-bond acceptors (Lipinski definition) is 3. The van der Waals surface area contributed by atoms with Crippen LogP contribution in [0.4, 0.5) is 10.5 Å². The Morgan fingerprint density at radius 1 is 1.15 bits per heavy atom. The number of amides is 4. The summed E-state index contributed by atoms with van der Waals surface area (Å²) < 4.78 is 0. The van der Waals surface area contributed by atoms with Crippen molar-refractivity contribution in [2.24, 2.45) is 0 Å². The molecule has 1 saturated heterocycles. The first kappa shape index (κ1) is 16.3. The van der Waals surface area contributed by atoms with E-state index in [2.05, 4.69) is 10.6 Å². The number of aryl methyl sites for hydroxylation is 2. The summed E-state index contributed by atoms with van der Waals surface area (Å²) in [6.45, 7) is 1.58. The maximum absolute atomic E-state index is 13.0. The lowest BCUT2D eigenvalue weighted by atomic mass is 9.92. The Hall–Kier alpha value is -3.15. The fraction of sp³-hybridized carbons (Fsp3) is 0.250. The maximum Gasteiger partial charge on any atom is 0.325 e. The Morgan fingerprint density at radius 2 is 1.88 bits per heavy atom. The molecule has 1 spiro atoms. The minimum absolute atomic E-state index is 0.303. The van der Waals surface area contributed by atoms with Crippen molar-refractivity contribution in [1.82, 2.24) is 10.2 Å². The van der Waals surface area contributed by atoms with E-state index in [0.717, 1.165) is 28.0 Å². The van der Waals surface area contributed by atoms with Crippen molar-refractivity contribution in [2.75, 3.05) is 11.9 Å². The third kappa shape index (κ3) is 2.45. The summed E-state index contributed by atoms with van der Waals surface area (Å²) in [7, 11) is 0. The van der Waals surface area contributed by atoms with Crippen molar-refractivity contribution in [1.29, 1.82) is 0 Å². The molecule has 2 aliphatic rings. The third-order valence-corrected chi connectivity index (χ3v) is 5.14. The number of rotatable bonds is 3. The lowest BCUT2D eigenvalue weighted by Gasteiger charge is -2.22. The van der Waals surface area contributed by atoms with Gasteiger partial charge < -0.3 is 10.6 Å². The van der Waals surface area contributed by atoms with Crippen molar-refractivity contribution in [2.45, 2.75) is 25.3 Å². The fourth-order valence-electron chi connectivity index (χ4n) is 3.78. The number of carbonyl (C=O) groups is 3. The van der Waals surface area contributed by atoms with Crippen molar-refractivity contribution in [3.63, 3.8) is 0 Å². The summed E-state index contributed by atoms with van der Waals surface area (Å²) in [5.74, 6) is -0.751. The Morgan fingerprint density at radius 3 is 2.69 bits per heavy atom. The van der Waals surface area contributed by atoms with Gasteiger partial charge in [-0.15, -0.1) is 0 Å². The molecule has 1 heterocycles. The summed E-state index contributed by atoms with van der Waals surface area (Å²) in [5.41, 5.74) is 2.45. The molecule has 0 aromatic heterocycles. The summed E-state index contributed by atoms with van der Waals surface area (Å²) >= 11 is 0. The molecular weight excluding hydrogens is 330 g/mol. The molecular formula is C20H19N3O3. The Labute approximate surface area is 151 Å². The topological polar surface area (TPSA) is 78.5 Å². The smallest absolute Gasteiger partial charge is 0.324 e. The van der Waals surface area contributed by atoms with Crippen LogP contribution in [0.5, 0.6) is 0 Å². The van der Waals surface area contributed by atoms with Crippen LogP contribution in [0.2, 0.25) is 0 Å². The van der Waals surface area contributed by atoms with Gasteiger partial charge in [-0.1, -0.05) is 42.5 Å². The monoisotopic (exact) mass is 349 g/mol. The highest BCUT2D eigenvalue weighted by Gasteiger charge is 2.55. The van der Waals surface area contributed by atoms with Gasteiger partial charge in [0.1, 0.15) is 12.1 Å². The molecule has 2 N–H and O–H groups in total. The highest BCUT2D eigenvalue weighted by atomic mass is 16.2. The second-order valence-corrected chi connectivity index (χ2v) is 6.75. The molecule has 1 aliphatic heterocycles. The molecule has 26 heavy (non-hydrogen) atoms. The van der Waals surface area contributed by atoms with Crippen LogP contribution < -0.4 is 10.6 Å². The third-order valence-electron chi connectivity index (χ3n) is 5.14. The van der Waals surface area contributed by atoms with Gasteiger partial charge in [-0.3, -0.25) is 14.5 Å². The van der Waals surface area contributed by atoms with E-state index in [0.29, 0.717) is 12.1 Å². The van der Waals surface area contributed by atoms with E-state index < -0.39 is 17.5 Å². The van der Waals surface area contributed by atoms with Gasteiger partial charge in [-0.05, 0) is 42.5 Å². The lowest BCUT2D eigenvalue weighted by Crippen LogP contribution is -2.43. The molecule has 132 valence electrons. The van der Waals surface area contributed by atoms with Gasteiger partial charge in [0.05, 0.1) is 0 Å². The second-order valence-electron chi connectivity index (χ2n) is 6.75. The van der Waals surface area contributed by atoms with Gasteiger partial charge in [-0.2, -0.15) is 0 Å². The summed E-state index contributed by atoms with van der Waals surface area (Å²) in [6, 6.07) is 14.5. The minimum atomic E-state index is -1.03. The standard InChI is InChI=1S/C20H19N3O3/c1-13-6-2-5-9-16(13)21-17(24)12-23-18(25)20(22-19(23)26)11-10-14-7-3-4-8-15(14)20/h2-9H,10-12H2,1H3,(H,21,24)(H,22,26)/t20-/m0/s1. The molecule has 2 aromatic rings. The number of hydrogen-bond donors (Lipinski definition) is 2. The molecule has 1 aliphatic carbocycles. The van der Waals surface area contributed by atoms with E-state index in [4.69, 9.17) is 0 Å². The van der Waals surface area contributed by atoms with Crippen molar-refractivity contribution in [3.05, 3.63) is 65.2 Å². The van der Waals surface area contributed by atoms with E-state index in [1.165, 1.54) is 0 Å². The van der Waals surface area contributed by atoms with Gasteiger partial charge >= 0.3 is 6.03 Å². The van der Waals surface area contributed by atoms with Gasteiger partial charge in [0.15, 0.2) is 0 Å². The first-order chi connectivity index (χ1) is 12.5. The normalized spacial score (nSPS) is 21.0. The number of carbonyl (C=O) groups excluding carboxylic acids is 3. The molecule has 2 aromatic carbocycles. The minimum Gasteiger partial charge on any atom is -0.324 e. The predicted molar refractivity (Wildman–Crippen MR) is 96.5 cm³/mol. The molecule has 0 saturated carbocycles. The fourth-order valence-corrected chi connectivity index (χ4v) is 3.78. The van der Waals surface area contributed by atoms with Crippen LogP contribution in [0.1, 0.15) is 23.1 Å². The van der Waals surface area contributed by atoms with Crippen molar-refractivity contribution < 1.29 is 14.4 Å². The first-order valence-corrected chi connectivity index (χ1v) is 8.59. The van der Waals surface area contributed by atoms with Crippen molar-refractivity contribution >= 4 is 23.5 Å². The number of benzene rings is 2. The second kappa shape index (κ2) is 5.98. The number of anilines is 1. The summed E-state index contributed by atoms with van der Waals surface area (Å²) in [6.07, 6.45) is 1.25. The largest absolute Gasteiger partial charge is 0.325 e. The predicted octanol–water partition coefficient (Wildman–Crippen LogP) is 2.33. The zero-order valence-corrected chi connectivity index (χ0v) is 14.4. The zero-order valence-electron chi connectivity index (χ0n) is 14.4. The van der Waals surface area contributed by atoms with Crippen LogP contribution >= 0.6 is 0 Å². The van der Waals surface area contributed by atoms with Gasteiger partial charge in [0.25, 0.3) is 5.91 Å². The van der Waals surface area contributed by atoms with E-state index in [1.54, 1.807) is 6.07 Å². The first-order valence-electron chi connectivity index (χ1n) is 8.59. The highest BCUT2D eigenvalue weighted by Crippen LogP contribution is 2.41. The van der Waals surface area contributed by atoms with Gasteiger partial charge in [0, 0.05) is 5.69 Å². The van der Waals surface area contributed by atoms with E-state index in [-0.39, 0.29) is 12.5 Å². The highest BCUT2D eigenvalue weighted by molar-refractivity contribution is 6.11.